The summed E-state index contributed by atoms with van der Waals surface area (Å²) in [5.41, 5.74) is -0.150. The lowest BCUT2D eigenvalue weighted by Gasteiger charge is -2.36. The van der Waals surface area contributed by atoms with Crippen molar-refractivity contribution in [3.8, 4) is 0 Å². The number of amides is 1. The maximum absolute atomic E-state index is 12.9. The van der Waals surface area contributed by atoms with E-state index in [0.29, 0.717) is 13.0 Å². The molecule has 2 fully saturated rings. The largest absolute Gasteiger partial charge is 0.457 e. The molecule has 3 aliphatic heterocycles. The predicted octanol–water partition coefficient (Wildman–Crippen LogP) is 3.83. The van der Waals surface area contributed by atoms with Crippen LogP contribution in [0.4, 0.5) is 4.79 Å². The molecule has 0 aliphatic carbocycles. The third-order valence-electron chi connectivity index (χ3n) is 9.86. The molecule has 0 spiro atoms. The molecule has 3 aliphatic rings. The number of hydrogen-bond acceptors (Lipinski definition) is 10. The maximum atomic E-state index is 12.9. The van der Waals surface area contributed by atoms with E-state index in [0.717, 1.165) is 25.0 Å². The number of aliphatic hydroxyl groups excluding tert-OH is 2. The van der Waals surface area contributed by atoms with Crippen LogP contribution in [0, 0.1) is 17.8 Å². The number of alkyl carbamates (subject to hydrolysis) is 1. The van der Waals surface area contributed by atoms with Gasteiger partial charge in [-0.3, -0.25) is 4.79 Å². The van der Waals surface area contributed by atoms with Crippen LogP contribution in [-0.4, -0.2) is 104 Å². The number of nitrogens with one attached hydrogen (secondary N) is 2. The highest BCUT2D eigenvalue weighted by Gasteiger charge is 2.50. The highest BCUT2D eigenvalue weighted by molar-refractivity contribution is 5.70. The summed E-state index contributed by atoms with van der Waals surface area (Å²) in [6.07, 6.45) is 7.75. The Morgan fingerprint density at radius 1 is 1.24 bits per heavy atom. The summed E-state index contributed by atoms with van der Waals surface area (Å²) in [5, 5.41) is 27.8. The van der Waals surface area contributed by atoms with E-state index >= 15 is 0 Å². The fourth-order valence-corrected chi connectivity index (χ4v) is 6.44. The van der Waals surface area contributed by atoms with Gasteiger partial charge in [0.05, 0.1) is 30.8 Å². The maximum Gasteiger partial charge on any atom is 0.408 e. The Bertz CT molecular complexity index is 1070. The van der Waals surface area contributed by atoms with Crippen molar-refractivity contribution in [2.24, 2.45) is 17.8 Å². The van der Waals surface area contributed by atoms with Crippen molar-refractivity contribution in [2.45, 2.75) is 128 Å². The lowest BCUT2D eigenvalue weighted by atomic mass is 9.88. The van der Waals surface area contributed by atoms with E-state index in [4.69, 9.17) is 23.7 Å². The van der Waals surface area contributed by atoms with Gasteiger partial charge in [0.1, 0.15) is 17.8 Å². The third kappa shape index (κ3) is 10.6. The van der Waals surface area contributed by atoms with Gasteiger partial charge >= 0.3 is 12.1 Å². The zero-order chi connectivity index (χ0) is 34.0. The first-order chi connectivity index (χ1) is 21.8. The zero-order valence-electron chi connectivity index (χ0n) is 28.9. The minimum atomic E-state index is -0.945. The minimum Gasteiger partial charge on any atom is -0.457 e. The van der Waals surface area contributed by atoms with Crippen molar-refractivity contribution in [3.05, 3.63) is 36.0 Å². The van der Waals surface area contributed by atoms with Gasteiger partial charge in [-0.05, 0) is 57.7 Å². The Labute approximate surface area is 275 Å². The second kappa shape index (κ2) is 17.8. The average Bonchev–Trinajstić information content (AvgIpc) is 3.67. The molecule has 0 saturated carbocycles. The number of carbonyl (C=O) groups is 2. The third-order valence-corrected chi connectivity index (χ3v) is 9.86. The Hall–Kier alpha value is -2.28. The van der Waals surface area contributed by atoms with Gasteiger partial charge in [-0.2, -0.15) is 0 Å². The topological polar surface area (TPSA) is 148 Å². The van der Waals surface area contributed by atoms with E-state index in [1.54, 1.807) is 20.3 Å². The van der Waals surface area contributed by atoms with Gasteiger partial charge in [0.25, 0.3) is 0 Å². The zero-order valence-corrected chi connectivity index (χ0v) is 28.9. The standard InChI is InChI=1S/C35H58N2O9/c1-9-27(42-7)24(5)32-33(46-32)30(40)21(2)11-10-12-22(3)31-23(4)13-14-28(44-34(41)37-25-16-18-36-20-25)35(6,43-8)17-15-26(38)19-29(39)45-31/h10-14,21,23-28,30-33,36,38,40H,9,15-20H2,1-8H3,(H,37,41)/b11-10+,14-13+,22-12+. The van der Waals surface area contributed by atoms with E-state index in [-0.39, 0.29) is 54.9 Å². The van der Waals surface area contributed by atoms with Gasteiger partial charge in [0.15, 0.2) is 6.10 Å². The number of allylic oxidation sites excluding steroid dienone is 2. The smallest absolute Gasteiger partial charge is 0.408 e. The number of ether oxygens (including phenoxy) is 5. The summed E-state index contributed by atoms with van der Waals surface area (Å²) in [6.45, 7) is 13.3. The number of esters is 1. The molecule has 0 aromatic rings. The fourth-order valence-electron chi connectivity index (χ4n) is 6.44. The molecule has 0 radical (unpaired) electrons. The first-order valence-corrected chi connectivity index (χ1v) is 16.8. The second-order valence-electron chi connectivity index (χ2n) is 13.5. The molecule has 0 aromatic carbocycles. The van der Waals surface area contributed by atoms with Gasteiger partial charge in [0.2, 0.25) is 0 Å². The van der Waals surface area contributed by atoms with Gasteiger partial charge in [0, 0.05) is 44.6 Å². The molecule has 12 atom stereocenters. The van der Waals surface area contributed by atoms with Crippen LogP contribution in [-0.2, 0) is 28.5 Å². The molecule has 1 amide bonds. The van der Waals surface area contributed by atoms with Crippen molar-refractivity contribution < 1.29 is 43.5 Å². The first kappa shape index (κ1) is 38.2. The Morgan fingerprint density at radius 3 is 2.61 bits per heavy atom. The van der Waals surface area contributed by atoms with Crippen LogP contribution in [0.5, 0.6) is 0 Å². The fraction of sp³-hybridized carbons (Fsp3) is 0.771. The monoisotopic (exact) mass is 650 g/mol. The lowest BCUT2D eigenvalue weighted by Crippen LogP contribution is -2.47. The summed E-state index contributed by atoms with van der Waals surface area (Å²) >= 11 is 0. The van der Waals surface area contributed by atoms with Crippen LogP contribution >= 0.6 is 0 Å². The van der Waals surface area contributed by atoms with Crippen LogP contribution in [0.15, 0.2) is 36.0 Å². The number of cyclic esters (lactones) is 1. The van der Waals surface area contributed by atoms with E-state index in [1.165, 1.54) is 0 Å². The van der Waals surface area contributed by atoms with E-state index < -0.39 is 42.1 Å². The number of carbonyl (C=O) groups excluding carboxylic acids is 2. The normalized spacial score (nSPS) is 36.1. The SMILES string of the molecule is CCC(OC)C(C)C1OC1C(O)C(C)/C=C/C=C(\C)C1OC(=O)CC(O)CCC(C)(OC)C(OC(=O)NC2CCNC2)/C=C/C1C. The van der Waals surface area contributed by atoms with Crippen LogP contribution in [0.1, 0.15) is 73.6 Å². The van der Waals surface area contributed by atoms with E-state index in [2.05, 4.69) is 24.5 Å². The predicted molar refractivity (Wildman–Crippen MR) is 175 cm³/mol. The van der Waals surface area contributed by atoms with Crippen LogP contribution < -0.4 is 10.6 Å². The first-order valence-electron chi connectivity index (χ1n) is 16.8. The van der Waals surface area contributed by atoms with Gasteiger partial charge in [-0.25, -0.2) is 4.79 Å². The van der Waals surface area contributed by atoms with Crippen molar-refractivity contribution in [3.63, 3.8) is 0 Å². The number of aliphatic hydroxyl groups is 2. The molecule has 3 rings (SSSR count). The summed E-state index contributed by atoms with van der Waals surface area (Å²) in [7, 11) is 3.25. The summed E-state index contributed by atoms with van der Waals surface area (Å²) in [6, 6.07) is -0.00315. The molecule has 262 valence electrons. The van der Waals surface area contributed by atoms with Gasteiger partial charge in [-0.15, -0.1) is 0 Å². The number of methoxy groups -OCH3 is 2. The highest BCUT2D eigenvalue weighted by atomic mass is 16.6. The molecule has 0 aromatic heterocycles. The van der Waals surface area contributed by atoms with Crippen molar-refractivity contribution >= 4 is 12.1 Å². The number of rotatable bonds is 12. The molecule has 0 bridgehead atoms. The van der Waals surface area contributed by atoms with Gasteiger partial charge < -0.3 is 44.5 Å². The van der Waals surface area contributed by atoms with Crippen LogP contribution in [0.25, 0.3) is 0 Å². The molecular formula is C35H58N2O9. The van der Waals surface area contributed by atoms with Crippen molar-refractivity contribution in [2.75, 3.05) is 27.3 Å². The summed E-state index contributed by atoms with van der Waals surface area (Å²) in [4.78, 5) is 25.8. The van der Waals surface area contributed by atoms with Crippen molar-refractivity contribution in [1.82, 2.24) is 10.6 Å². The Morgan fingerprint density at radius 2 is 1.98 bits per heavy atom. The molecular weight excluding hydrogens is 592 g/mol. The molecule has 3 heterocycles. The van der Waals surface area contributed by atoms with Crippen molar-refractivity contribution in [1.29, 1.82) is 0 Å². The molecule has 4 N–H and O–H groups in total. The molecule has 11 heteroatoms. The molecule has 2 saturated heterocycles. The number of epoxide rings is 1. The summed E-state index contributed by atoms with van der Waals surface area (Å²) < 4.78 is 29.1. The second-order valence-corrected chi connectivity index (χ2v) is 13.5. The van der Waals surface area contributed by atoms with E-state index in [9.17, 15) is 19.8 Å². The summed E-state index contributed by atoms with van der Waals surface area (Å²) in [5.74, 6) is -0.779. The quantitative estimate of drug-likeness (QED) is 0.106. The van der Waals surface area contributed by atoms with Gasteiger partial charge in [-0.1, -0.05) is 52.0 Å². The van der Waals surface area contributed by atoms with Crippen LogP contribution in [0.2, 0.25) is 0 Å². The molecule has 12 unspecified atom stereocenters. The highest BCUT2D eigenvalue weighted by Crippen LogP contribution is 2.37. The average molecular weight is 651 g/mol. The van der Waals surface area contributed by atoms with E-state index in [1.807, 2.05) is 52.0 Å². The minimum absolute atomic E-state index is 0.00315. The Balaban J connectivity index is 1.74. The van der Waals surface area contributed by atoms with Crippen LogP contribution in [0.3, 0.4) is 0 Å². The lowest BCUT2D eigenvalue weighted by molar-refractivity contribution is -0.151. The molecule has 11 nitrogen and oxygen atoms in total. The Kier molecular flexibility index (Phi) is 14.7. The number of hydrogen-bond donors (Lipinski definition) is 4. The molecule has 46 heavy (non-hydrogen) atoms.